The Morgan fingerprint density at radius 3 is 2.57 bits per heavy atom. The van der Waals surface area contributed by atoms with E-state index in [1.807, 2.05) is 25.8 Å². The first-order chi connectivity index (χ1) is 6.63. The fourth-order valence-corrected chi connectivity index (χ4v) is 1.12. The van der Waals surface area contributed by atoms with E-state index in [2.05, 4.69) is 16.0 Å². The minimum absolute atomic E-state index is 0.00935. The maximum absolute atomic E-state index is 8.66. The van der Waals surface area contributed by atoms with E-state index < -0.39 is 0 Å². The summed E-state index contributed by atoms with van der Waals surface area (Å²) in [6.07, 6.45) is 3.55. The van der Waals surface area contributed by atoms with Gasteiger partial charge in [0.15, 0.2) is 0 Å². The lowest BCUT2D eigenvalue weighted by Gasteiger charge is -2.17. The van der Waals surface area contributed by atoms with Crippen LogP contribution in [0.2, 0.25) is 0 Å². The molecule has 0 amide bonds. The molecular weight excluding hydrogens is 176 g/mol. The first kappa shape index (κ1) is 10.5. The van der Waals surface area contributed by atoms with Gasteiger partial charge in [-0.15, -0.1) is 0 Å². The fraction of sp³-hybridized carbons (Fsp3) is 0.500. The number of rotatable bonds is 3. The summed E-state index contributed by atoms with van der Waals surface area (Å²) in [6, 6.07) is 2.18. The van der Waals surface area contributed by atoms with Crippen LogP contribution in [0.3, 0.4) is 0 Å². The van der Waals surface area contributed by atoms with Crippen LogP contribution in [0.4, 0.5) is 5.95 Å². The highest BCUT2D eigenvalue weighted by molar-refractivity contribution is 5.28. The third kappa shape index (κ3) is 2.70. The molecular formula is C10H14N4. The van der Waals surface area contributed by atoms with Crippen molar-refractivity contribution < 1.29 is 0 Å². The molecule has 1 aromatic heterocycles. The van der Waals surface area contributed by atoms with E-state index in [1.54, 1.807) is 12.4 Å². The second kappa shape index (κ2) is 4.56. The normalized spacial score (nSPS) is 11.9. The second-order valence-electron chi connectivity index (χ2n) is 3.47. The SMILES string of the molecule is Cc1cnc(N(C)CC(C)C#N)nc1. The Balaban J connectivity index is 2.66. The highest BCUT2D eigenvalue weighted by Crippen LogP contribution is 2.06. The molecule has 1 atom stereocenters. The zero-order valence-electron chi connectivity index (χ0n) is 8.73. The Bertz CT molecular complexity index is 325. The van der Waals surface area contributed by atoms with Crippen LogP contribution in [0.15, 0.2) is 12.4 Å². The van der Waals surface area contributed by atoms with E-state index >= 15 is 0 Å². The quantitative estimate of drug-likeness (QED) is 0.722. The maximum atomic E-state index is 8.66. The van der Waals surface area contributed by atoms with Crippen LogP contribution in [-0.4, -0.2) is 23.6 Å². The van der Waals surface area contributed by atoms with Gasteiger partial charge in [-0.05, 0) is 19.4 Å². The largest absolute Gasteiger partial charge is 0.343 e. The van der Waals surface area contributed by atoms with Crippen molar-refractivity contribution in [1.82, 2.24) is 9.97 Å². The van der Waals surface area contributed by atoms with Crippen LogP contribution in [-0.2, 0) is 0 Å². The van der Waals surface area contributed by atoms with Crippen LogP contribution < -0.4 is 4.90 Å². The molecule has 0 spiro atoms. The monoisotopic (exact) mass is 190 g/mol. The molecule has 4 heteroatoms. The summed E-state index contributed by atoms with van der Waals surface area (Å²) in [4.78, 5) is 10.2. The molecule has 0 radical (unpaired) electrons. The van der Waals surface area contributed by atoms with Gasteiger partial charge in [-0.3, -0.25) is 0 Å². The molecule has 4 nitrogen and oxygen atoms in total. The van der Waals surface area contributed by atoms with Gasteiger partial charge in [-0.25, -0.2) is 9.97 Å². The molecule has 0 aliphatic heterocycles. The van der Waals surface area contributed by atoms with E-state index in [1.165, 1.54) is 0 Å². The van der Waals surface area contributed by atoms with Gasteiger partial charge in [-0.1, -0.05) is 0 Å². The van der Waals surface area contributed by atoms with Crippen molar-refractivity contribution in [2.45, 2.75) is 13.8 Å². The number of nitriles is 1. The van der Waals surface area contributed by atoms with Gasteiger partial charge >= 0.3 is 0 Å². The molecule has 0 aromatic carbocycles. The van der Waals surface area contributed by atoms with Crippen molar-refractivity contribution in [3.63, 3.8) is 0 Å². The zero-order chi connectivity index (χ0) is 10.6. The lowest BCUT2D eigenvalue weighted by molar-refractivity contribution is 0.702. The summed E-state index contributed by atoms with van der Waals surface area (Å²) >= 11 is 0. The summed E-state index contributed by atoms with van der Waals surface area (Å²) in [5.74, 6) is 0.655. The van der Waals surface area contributed by atoms with Gasteiger partial charge in [0.05, 0.1) is 12.0 Å². The maximum Gasteiger partial charge on any atom is 0.225 e. The van der Waals surface area contributed by atoms with Crippen LogP contribution in [0.5, 0.6) is 0 Å². The Labute approximate surface area is 84.2 Å². The predicted molar refractivity (Wildman–Crippen MR) is 54.8 cm³/mol. The van der Waals surface area contributed by atoms with Crippen LogP contribution in [0, 0.1) is 24.2 Å². The summed E-state index contributed by atoms with van der Waals surface area (Å²) in [7, 11) is 1.89. The molecule has 0 bridgehead atoms. The molecule has 0 saturated carbocycles. The number of hydrogen-bond acceptors (Lipinski definition) is 4. The first-order valence-electron chi connectivity index (χ1n) is 4.53. The number of aromatic nitrogens is 2. The molecule has 0 N–H and O–H groups in total. The molecule has 1 aromatic rings. The molecule has 1 heterocycles. The van der Waals surface area contributed by atoms with Crippen molar-refractivity contribution in [2.24, 2.45) is 5.92 Å². The van der Waals surface area contributed by atoms with Gasteiger partial charge in [-0.2, -0.15) is 5.26 Å². The summed E-state index contributed by atoms with van der Waals surface area (Å²) in [5.41, 5.74) is 1.04. The van der Waals surface area contributed by atoms with Crippen LogP contribution in [0.25, 0.3) is 0 Å². The van der Waals surface area contributed by atoms with Crippen LogP contribution in [0.1, 0.15) is 12.5 Å². The van der Waals surface area contributed by atoms with E-state index in [0.29, 0.717) is 12.5 Å². The summed E-state index contributed by atoms with van der Waals surface area (Å²) in [5, 5.41) is 8.66. The van der Waals surface area contributed by atoms with E-state index in [9.17, 15) is 0 Å². The Hall–Kier alpha value is -1.63. The molecule has 0 aliphatic rings. The van der Waals surface area contributed by atoms with Gasteiger partial charge in [0, 0.05) is 26.0 Å². The van der Waals surface area contributed by atoms with Gasteiger partial charge < -0.3 is 4.90 Å². The molecule has 1 unspecified atom stereocenters. The summed E-state index contributed by atoms with van der Waals surface area (Å²) < 4.78 is 0. The highest BCUT2D eigenvalue weighted by atomic mass is 15.2. The Kier molecular flexibility index (Phi) is 3.41. The topological polar surface area (TPSA) is 52.8 Å². The minimum Gasteiger partial charge on any atom is -0.343 e. The van der Waals surface area contributed by atoms with E-state index in [-0.39, 0.29) is 5.92 Å². The predicted octanol–water partition coefficient (Wildman–Crippen LogP) is 1.38. The van der Waals surface area contributed by atoms with Crippen molar-refractivity contribution in [3.8, 4) is 6.07 Å². The molecule has 14 heavy (non-hydrogen) atoms. The van der Waals surface area contributed by atoms with Gasteiger partial charge in [0.25, 0.3) is 0 Å². The van der Waals surface area contributed by atoms with Crippen molar-refractivity contribution in [3.05, 3.63) is 18.0 Å². The average molecular weight is 190 g/mol. The first-order valence-corrected chi connectivity index (χ1v) is 4.53. The number of nitrogens with zero attached hydrogens (tertiary/aromatic N) is 4. The lowest BCUT2D eigenvalue weighted by atomic mass is 10.2. The smallest absolute Gasteiger partial charge is 0.225 e. The third-order valence-electron chi connectivity index (χ3n) is 1.88. The average Bonchev–Trinajstić information content (AvgIpc) is 2.18. The summed E-state index contributed by atoms with van der Waals surface area (Å²) in [6.45, 7) is 4.48. The lowest BCUT2D eigenvalue weighted by Crippen LogP contribution is -2.25. The molecule has 0 fully saturated rings. The Morgan fingerprint density at radius 2 is 2.07 bits per heavy atom. The van der Waals surface area contributed by atoms with Crippen molar-refractivity contribution in [1.29, 1.82) is 5.26 Å². The number of anilines is 1. The molecule has 1 rings (SSSR count). The molecule has 0 saturated heterocycles. The second-order valence-corrected chi connectivity index (χ2v) is 3.47. The number of aryl methyl sites for hydroxylation is 1. The minimum atomic E-state index is -0.00935. The standard InChI is InChI=1S/C10H14N4/c1-8(4-11)7-14(3)10-12-5-9(2)6-13-10/h5-6,8H,7H2,1-3H3. The van der Waals surface area contributed by atoms with Gasteiger partial charge in [0.1, 0.15) is 0 Å². The molecule has 74 valence electrons. The number of hydrogen-bond donors (Lipinski definition) is 0. The van der Waals surface area contributed by atoms with Crippen molar-refractivity contribution in [2.75, 3.05) is 18.5 Å². The zero-order valence-corrected chi connectivity index (χ0v) is 8.73. The molecule has 0 aliphatic carbocycles. The third-order valence-corrected chi connectivity index (χ3v) is 1.88. The van der Waals surface area contributed by atoms with E-state index in [4.69, 9.17) is 5.26 Å². The van der Waals surface area contributed by atoms with E-state index in [0.717, 1.165) is 5.56 Å². The van der Waals surface area contributed by atoms with Crippen LogP contribution >= 0.6 is 0 Å². The van der Waals surface area contributed by atoms with Gasteiger partial charge in [0.2, 0.25) is 5.95 Å². The fourth-order valence-electron chi connectivity index (χ4n) is 1.12. The Morgan fingerprint density at radius 1 is 1.50 bits per heavy atom. The highest BCUT2D eigenvalue weighted by Gasteiger charge is 2.07. The van der Waals surface area contributed by atoms with Crippen molar-refractivity contribution >= 4 is 5.95 Å².